The fraction of sp³-hybridized carbons (Fsp3) is 0.429. The van der Waals surface area contributed by atoms with E-state index in [1.165, 1.54) is 0 Å². The highest BCUT2D eigenvalue weighted by atomic mass is 79.9. The average molecular weight is 313 g/mol. The topological polar surface area (TPSA) is 27.7 Å². The minimum atomic E-state index is 0.589. The summed E-state index contributed by atoms with van der Waals surface area (Å²) < 4.78 is 15.8. The molecule has 98 valence electrons. The van der Waals surface area contributed by atoms with E-state index in [9.17, 15) is 0 Å². The van der Waals surface area contributed by atoms with Gasteiger partial charge in [-0.2, -0.15) is 0 Å². The molecule has 1 rings (SSSR count). The Bertz CT molecular complexity index is 421. The zero-order chi connectivity index (χ0) is 13.4. The number of halogens is 1. The Kier molecular flexibility index (Phi) is 6.45. The predicted molar refractivity (Wildman–Crippen MR) is 76.0 cm³/mol. The van der Waals surface area contributed by atoms with Crippen molar-refractivity contribution in [2.45, 2.75) is 12.8 Å². The van der Waals surface area contributed by atoms with Crippen LogP contribution in [0.15, 0.2) is 12.1 Å². The Labute approximate surface area is 117 Å². The molecule has 0 aromatic heterocycles. The maximum Gasteiger partial charge on any atom is 0.203 e. The van der Waals surface area contributed by atoms with Gasteiger partial charge in [-0.15, -0.1) is 0 Å². The molecule has 1 aromatic carbocycles. The van der Waals surface area contributed by atoms with Gasteiger partial charge in [0.1, 0.15) is 0 Å². The van der Waals surface area contributed by atoms with Crippen molar-refractivity contribution < 1.29 is 14.2 Å². The smallest absolute Gasteiger partial charge is 0.203 e. The number of hydrogen-bond donors (Lipinski definition) is 0. The second-order valence-corrected chi connectivity index (χ2v) is 4.30. The number of benzene rings is 1. The third-order valence-electron chi connectivity index (χ3n) is 2.33. The summed E-state index contributed by atoms with van der Waals surface area (Å²) in [4.78, 5) is 0. The lowest BCUT2D eigenvalue weighted by Crippen LogP contribution is -1.95. The molecule has 0 atom stereocenters. The number of alkyl halides is 1. The predicted octanol–water partition coefficient (Wildman–Crippen LogP) is 3.24. The number of rotatable bonds is 5. The second kappa shape index (κ2) is 7.88. The monoisotopic (exact) mass is 312 g/mol. The number of ether oxygens (including phenoxy) is 3. The maximum atomic E-state index is 5.27. The van der Waals surface area contributed by atoms with E-state index in [4.69, 9.17) is 14.2 Å². The molecule has 0 radical (unpaired) electrons. The number of methoxy groups -OCH3 is 3. The maximum absolute atomic E-state index is 5.27. The van der Waals surface area contributed by atoms with Crippen LogP contribution in [0, 0.1) is 11.8 Å². The first-order valence-electron chi connectivity index (χ1n) is 5.61. The Balaban J connectivity index is 3.02. The molecule has 0 heterocycles. The molecule has 0 aliphatic rings. The molecule has 0 spiro atoms. The molecule has 0 N–H and O–H groups in total. The number of hydrogen-bond acceptors (Lipinski definition) is 3. The summed E-state index contributed by atoms with van der Waals surface area (Å²) in [6.07, 6.45) is 1.90. The molecule has 0 aliphatic heterocycles. The van der Waals surface area contributed by atoms with Crippen LogP contribution in [-0.2, 0) is 0 Å². The molecular formula is C14H17BrO3. The highest BCUT2D eigenvalue weighted by Crippen LogP contribution is 2.37. The lowest BCUT2D eigenvalue weighted by atomic mass is 10.1. The first-order chi connectivity index (χ1) is 8.76. The van der Waals surface area contributed by atoms with Gasteiger partial charge in [0.15, 0.2) is 11.5 Å². The van der Waals surface area contributed by atoms with Crippen LogP contribution < -0.4 is 14.2 Å². The van der Waals surface area contributed by atoms with Crippen molar-refractivity contribution in [3.05, 3.63) is 17.7 Å². The van der Waals surface area contributed by atoms with Crippen molar-refractivity contribution in [2.75, 3.05) is 26.7 Å². The zero-order valence-corrected chi connectivity index (χ0v) is 12.5. The van der Waals surface area contributed by atoms with Gasteiger partial charge in [0.2, 0.25) is 5.75 Å². The molecule has 0 saturated heterocycles. The summed E-state index contributed by atoms with van der Waals surface area (Å²) >= 11 is 3.38. The summed E-state index contributed by atoms with van der Waals surface area (Å²) in [5.74, 6) is 8.05. The normalized spacial score (nSPS) is 9.33. The Morgan fingerprint density at radius 3 is 2.11 bits per heavy atom. The van der Waals surface area contributed by atoms with Crippen LogP contribution in [0.2, 0.25) is 0 Å². The Hall–Kier alpha value is -1.34. The van der Waals surface area contributed by atoms with Crippen molar-refractivity contribution in [3.8, 4) is 29.1 Å². The van der Waals surface area contributed by atoms with E-state index in [1.54, 1.807) is 21.3 Å². The number of unbranched alkanes of at least 4 members (excludes halogenated alkanes) is 1. The third-order valence-corrected chi connectivity index (χ3v) is 2.89. The molecule has 1 aromatic rings. The molecular weight excluding hydrogens is 296 g/mol. The largest absolute Gasteiger partial charge is 0.493 e. The summed E-state index contributed by atoms with van der Waals surface area (Å²) in [5.41, 5.74) is 0.860. The fourth-order valence-corrected chi connectivity index (χ4v) is 1.75. The van der Waals surface area contributed by atoms with Crippen LogP contribution >= 0.6 is 15.9 Å². The van der Waals surface area contributed by atoms with Gasteiger partial charge >= 0.3 is 0 Å². The molecule has 18 heavy (non-hydrogen) atoms. The van der Waals surface area contributed by atoms with Crippen LogP contribution in [0.25, 0.3) is 0 Å². The minimum Gasteiger partial charge on any atom is -0.493 e. The molecule has 3 nitrogen and oxygen atoms in total. The van der Waals surface area contributed by atoms with E-state index >= 15 is 0 Å². The lowest BCUT2D eigenvalue weighted by Gasteiger charge is -2.12. The van der Waals surface area contributed by atoms with E-state index < -0.39 is 0 Å². The summed E-state index contributed by atoms with van der Waals surface area (Å²) in [6, 6.07) is 3.70. The van der Waals surface area contributed by atoms with Gasteiger partial charge in [-0.3, -0.25) is 0 Å². The van der Waals surface area contributed by atoms with Crippen molar-refractivity contribution >= 4 is 15.9 Å². The average Bonchev–Trinajstić information content (AvgIpc) is 2.42. The van der Waals surface area contributed by atoms with E-state index in [0.29, 0.717) is 17.2 Å². The van der Waals surface area contributed by atoms with Gasteiger partial charge in [0.05, 0.1) is 21.3 Å². The van der Waals surface area contributed by atoms with Gasteiger partial charge in [-0.05, 0) is 18.6 Å². The fourth-order valence-electron chi connectivity index (χ4n) is 1.47. The highest BCUT2D eigenvalue weighted by Gasteiger charge is 2.11. The van der Waals surface area contributed by atoms with Crippen molar-refractivity contribution in [1.29, 1.82) is 0 Å². The second-order valence-electron chi connectivity index (χ2n) is 3.51. The van der Waals surface area contributed by atoms with Gasteiger partial charge in [0, 0.05) is 17.3 Å². The van der Waals surface area contributed by atoms with Crippen LogP contribution in [0.4, 0.5) is 0 Å². The van der Waals surface area contributed by atoms with Crippen molar-refractivity contribution in [3.63, 3.8) is 0 Å². The van der Waals surface area contributed by atoms with E-state index in [2.05, 4.69) is 27.8 Å². The van der Waals surface area contributed by atoms with E-state index in [-0.39, 0.29) is 0 Å². The molecule has 0 aliphatic carbocycles. The molecule has 0 unspecified atom stereocenters. The first-order valence-corrected chi connectivity index (χ1v) is 6.73. The van der Waals surface area contributed by atoms with Crippen LogP contribution in [-0.4, -0.2) is 26.7 Å². The lowest BCUT2D eigenvalue weighted by molar-refractivity contribution is 0.324. The summed E-state index contributed by atoms with van der Waals surface area (Å²) in [6.45, 7) is 0. The Morgan fingerprint density at radius 1 is 1.06 bits per heavy atom. The molecule has 0 amide bonds. The summed E-state index contributed by atoms with van der Waals surface area (Å²) in [7, 11) is 4.78. The molecule has 0 saturated carbocycles. The van der Waals surface area contributed by atoms with Crippen LogP contribution in [0.1, 0.15) is 18.4 Å². The summed E-state index contributed by atoms with van der Waals surface area (Å²) in [5, 5.41) is 0.969. The van der Waals surface area contributed by atoms with Gasteiger partial charge < -0.3 is 14.2 Å². The van der Waals surface area contributed by atoms with Gasteiger partial charge in [-0.1, -0.05) is 27.8 Å². The van der Waals surface area contributed by atoms with Gasteiger partial charge in [0.25, 0.3) is 0 Å². The zero-order valence-electron chi connectivity index (χ0n) is 10.9. The van der Waals surface area contributed by atoms with Crippen LogP contribution in [0.5, 0.6) is 17.2 Å². The van der Waals surface area contributed by atoms with E-state index in [0.717, 1.165) is 23.7 Å². The van der Waals surface area contributed by atoms with Crippen molar-refractivity contribution in [1.82, 2.24) is 0 Å². The Morgan fingerprint density at radius 2 is 1.67 bits per heavy atom. The van der Waals surface area contributed by atoms with Crippen molar-refractivity contribution in [2.24, 2.45) is 0 Å². The first kappa shape index (κ1) is 14.7. The molecule has 4 heteroatoms. The SMILES string of the molecule is COc1cc(C#CCCCBr)cc(OC)c1OC. The highest BCUT2D eigenvalue weighted by molar-refractivity contribution is 9.09. The molecule has 0 bridgehead atoms. The van der Waals surface area contributed by atoms with Crippen LogP contribution in [0.3, 0.4) is 0 Å². The minimum absolute atomic E-state index is 0.589. The quantitative estimate of drug-likeness (QED) is 0.474. The van der Waals surface area contributed by atoms with Gasteiger partial charge in [-0.25, -0.2) is 0 Å². The van der Waals surface area contributed by atoms with E-state index in [1.807, 2.05) is 12.1 Å². The standard InChI is InChI=1S/C14H17BrO3/c1-16-12-9-11(7-5-4-6-8-15)10-13(17-2)14(12)18-3/h9-10H,4,6,8H2,1-3H3. The molecule has 0 fully saturated rings. The third kappa shape index (κ3) is 3.85.